The molecule has 0 saturated carbocycles. The molecule has 0 spiro atoms. The Kier molecular flexibility index (Phi) is 4.23. The number of piperidine rings is 1. The average molecular weight is 312 g/mol. The molecule has 1 fully saturated rings. The largest absolute Gasteiger partial charge is 0.415 e. The first kappa shape index (κ1) is 14.8. The smallest absolute Gasteiger partial charge is 0.388 e. The van der Waals surface area contributed by atoms with Crippen molar-refractivity contribution in [2.24, 2.45) is 10.7 Å². The number of alkyl halides is 2. The van der Waals surface area contributed by atoms with Gasteiger partial charge in [-0.3, -0.25) is 10.1 Å². The van der Waals surface area contributed by atoms with E-state index in [0.29, 0.717) is 12.4 Å². The Hall–Kier alpha value is -2.16. The van der Waals surface area contributed by atoms with Gasteiger partial charge in [0.25, 0.3) is 0 Å². The van der Waals surface area contributed by atoms with Crippen LogP contribution in [0.1, 0.15) is 12.8 Å². The summed E-state index contributed by atoms with van der Waals surface area (Å²) in [7, 11) is 0. The fourth-order valence-electron chi connectivity index (χ4n) is 2.69. The third kappa shape index (κ3) is 3.19. The molecule has 0 aromatic carbocycles. The van der Waals surface area contributed by atoms with Crippen LogP contribution in [0.4, 0.5) is 14.6 Å². The number of nitrogens with two attached hydrogens (primary N) is 1. The van der Waals surface area contributed by atoms with Crippen LogP contribution in [0.25, 0.3) is 0 Å². The Morgan fingerprint density at radius 3 is 3.09 bits per heavy atom. The summed E-state index contributed by atoms with van der Waals surface area (Å²) >= 11 is 0. The molecular weight excluding hydrogens is 294 g/mol. The number of likely N-dealkylation sites (tertiary alicyclic amines) is 1. The minimum atomic E-state index is -2.89. The number of aromatic amines is 1. The van der Waals surface area contributed by atoms with E-state index < -0.39 is 6.61 Å². The van der Waals surface area contributed by atoms with Crippen LogP contribution < -0.4 is 15.4 Å². The third-order valence-corrected chi connectivity index (χ3v) is 3.66. The van der Waals surface area contributed by atoms with E-state index in [1.54, 1.807) is 12.4 Å². The summed E-state index contributed by atoms with van der Waals surface area (Å²) in [6.45, 7) is -0.741. The van der Waals surface area contributed by atoms with Gasteiger partial charge in [0, 0.05) is 31.4 Å². The van der Waals surface area contributed by atoms with Crippen molar-refractivity contribution in [3.05, 3.63) is 18.1 Å². The first-order valence-electron chi connectivity index (χ1n) is 7.13. The normalized spacial score (nSPS) is 22.2. The number of hydrogen-bond donors (Lipinski definition) is 2. The average Bonchev–Trinajstić information content (AvgIpc) is 2.95. The highest BCUT2D eigenvalue weighted by atomic mass is 19.3. The Morgan fingerprint density at radius 1 is 1.45 bits per heavy atom. The molecule has 22 heavy (non-hydrogen) atoms. The van der Waals surface area contributed by atoms with Gasteiger partial charge in [-0.1, -0.05) is 0 Å². The second-order valence-electron chi connectivity index (χ2n) is 5.25. The third-order valence-electron chi connectivity index (χ3n) is 3.66. The molecule has 0 amide bonds. The van der Waals surface area contributed by atoms with Crippen molar-refractivity contribution in [1.29, 1.82) is 0 Å². The van der Waals surface area contributed by atoms with E-state index >= 15 is 0 Å². The first-order chi connectivity index (χ1) is 10.6. The summed E-state index contributed by atoms with van der Waals surface area (Å²) in [4.78, 5) is 8.26. The van der Waals surface area contributed by atoms with E-state index in [9.17, 15) is 8.78 Å². The van der Waals surface area contributed by atoms with Gasteiger partial charge in [0.15, 0.2) is 0 Å². The molecule has 3 N–H and O–H groups in total. The quantitative estimate of drug-likeness (QED) is 0.870. The van der Waals surface area contributed by atoms with Gasteiger partial charge in [-0.25, -0.2) is 0 Å². The highest BCUT2D eigenvalue weighted by Gasteiger charge is 2.25. The summed E-state index contributed by atoms with van der Waals surface area (Å²) in [6.07, 6.45) is 5.50. The number of H-pyrrole nitrogens is 1. The molecule has 3 rings (SSSR count). The van der Waals surface area contributed by atoms with Crippen molar-refractivity contribution in [3.63, 3.8) is 0 Å². The van der Waals surface area contributed by atoms with Crippen molar-refractivity contribution in [3.8, 4) is 5.88 Å². The predicted octanol–water partition coefficient (Wildman–Crippen LogP) is 1.12. The second kappa shape index (κ2) is 6.30. The van der Waals surface area contributed by atoms with E-state index in [1.807, 2.05) is 4.90 Å². The Labute approximate surface area is 126 Å². The highest BCUT2D eigenvalue weighted by molar-refractivity contribution is 5.70. The molecule has 0 radical (unpaired) electrons. The summed E-state index contributed by atoms with van der Waals surface area (Å²) in [6, 6.07) is 1.57. The van der Waals surface area contributed by atoms with Crippen molar-refractivity contribution >= 4 is 12.0 Å². The van der Waals surface area contributed by atoms with E-state index in [0.717, 1.165) is 31.8 Å². The molecule has 2 aliphatic rings. The van der Waals surface area contributed by atoms with E-state index in [4.69, 9.17) is 5.73 Å². The van der Waals surface area contributed by atoms with E-state index in [1.165, 1.54) is 6.07 Å². The van der Waals surface area contributed by atoms with Crippen LogP contribution in [0.5, 0.6) is 5.88 Å². The number of hydrogen-bond acceptors (Lipinski definition) is 6. The molecule has 0 bridgehead atoms. The molecule has 1 atom stereocenters. The Bertz CT molecular complexity index is 573. The number of aliphatic imine (C=N–C) groups is 1. The summed E-state index contributed by atoms with van der Waals surface area (Å²) < 4.78 is 28.8. The zero-order valence-corrected chi connectivity index (χ0v) is 12.0. The van der Waals surface area contributed by atoms with Crippen LogP contribution in [0, 0.1) is 0 Å². The number of anilines is 1. The molecule has 1 saturated heterocycles. The molecule has 3 heterocycles. The van der Waals surface area contributed by atoms with Crippen LogP contribution in [-0.2, 0) is 0 Å². The van der Waals surface area contributed by atoms with Gasteiger partial charge in [0.1, 0.15) is 11.6 Å². The number of aromatic nitrogens is 2. The summed E-state index contributed by atoms with van der Waals surface area (Å²) in [5.41, 5.74) is 6.03. The van der Waals surface area contributed by atoms with Gasteiger partial charge in [-0.05, 0) is 12.8 Å². The van der Waals surface area contributed by atoms with Crippen LogP contribution in [0.3, 0.4) is 0 Å². The SMILES string of the molecule is N[C@@H]1CCCN(C2=CN=CCN2c2cc(OC(F)F)n[nH]2)C1. The lowest BCUT2D eigenvalue weighted by molar-refractivity contribution is -0.0528. The standard InChI is InChI=1S/C13H18F2N6O/c14-13(15)22-11-6-10(18-19-11)21-5-3-17-7-12(21)20-4-1-2-9(16)8-20/h3,6-7,9,13H,1-2,4-5,8,16H2,(H,18,19)/t9-/m1/s1. The number of ether oxygens (including phenoxy) is 1. The van der Waals surface area contributed by atoms with Gasteiger partial charge in [-0.2, -0.15) is 8.78 Å². The molecule has 1 aromatic rings. The minimum Gasteiger partial charge on any atom is -0.415 e. The van der Waals surface area contributed by atoms with Crippen molar-refractivity contribution in [2.45, 2.75) is 25.5 Å². The lowest BCUT2D eigenvalue weighted by Crippen LogP contribution is -2.47. The molecule has 7 nitrogen and oxygen atoms in total. The van der Waals surface area contributed by atoms with E-state index in [2.05, 4.69) is 24.8 Å². The lowest BCUT2D eigenvalue weighted by Gasteiger charge is -2.39. The second-order valence-corrected chi connectivity index (χ2v) is 5.25. The summed E-state index contributed by atoms with van der Waals surface area (Å²) in [5.74, 6) is 1.32. The van der Waals surface area contributed by atoms with Crippen LogP contribution in [0.2, 0.25) is 0 Å². The lowest BCUT2D eigenvalue weighted by atomic mass is 10.1. The maximum Gasteiger partial charge on any atom is 0.388 e. The fourth-order valence-corrected chi connectivity index (χ4v) is 2.69. The molecule has 0 aliphatic carbocycles. The number of nitrogens with one attached hydrogen (secondary N) is 1. The van der Waals surface area contributed by atoms with Gasteiger partial charge in [-0.15, -0.1) is 5.10 Å². The number of halogens is 2. The number of rotatable bonds is 4. The zero-order chi connectivity index (χ0) is 15.5. The van der Waals surface area contributed by atoms with Gasteiger partial charge in [0.05, 0.1) is 12.7 Å². The van der Waals surface area contributed by atoms with Gasteiger partial charge in [0.2, 0.25) is 5.88 Å². The molecule has 0 unspecified atom stereocenters. The van der Waals surface area contributed by atoms with Crippen LogP contribution >= 0.6 is 0 Å². The van der Waals surface area contributed by atoms with Crippen molar-refractivity contribution in [1.82, 2.24) is 15.1 Å². The molecule has 1 aromatic heterocycles. The highest BCUT2D eigenvalue weighted by Crippen LogP contribution is 2.26. The van der Waals surface area contributed by atoms with Crippen molar-refractivity contribution < 1.29 is 13.5 Å². The Morgan fingerprint density at radius 2 is 2.32 bits per heavy atom. The van der Waals surface area contributed by atoms with E-state index in [-0.39, 0.29) is 11.9 Å². The van der Waals surface area contributed by atoms with Crippen LogP contribution in [0.15, 0.2) is 23.1 Å². The first-order valence-corrected chi connectivity index (χ1v) is 7.13. The van der Waals surface area contributed by atoms with Crippen LogP contribution in [-0.4, -0.2) is 53.6 Å². The number of nitrogens with zero attached hydrogens (tertiary/aromatic N) is 4. The molecule has 120 valence electrons. The summed E-state index contributed by atoms with van der Waals surface area (Å²) in [5, 5.41) is 6.46. The monoisotopic (exact) mass is 312 g/mol. The predicted molar refractivity (Wildman–Crippen MR) is 77.9 cm³/mol. The zero-order valence-electron chi connectivity index (χ0n) is 12.0. The topological polar surface area (TPSA) is 82.8 Å². The van der Waals surface area contributed by atoms with Crippen molar-refractivity contribution in [2.75, 3.05) is 24.5 Å². The fraction of sp³-hybridized carbons (Fsp3) is 0.538. The molecular formula is C13H18F2N6O. The maximum absolute atomic E-state index is 12.2. The minimum absolute atomic E-state index is 0.127. The molecule has 9 heteroatoms. The van der Waals surface area contributed by atoms with Gasteiger partial charge >= 0.3 is 6.61 Å². The molecule has 2 aliphatic heterocycles. The maximum atomic E-state index is 12.2. The van der Waals surface area contributed by atoms with Gasteiger partial charge < -0.3 is 20.3 Å². The Balaban J connectivity index is 1.78.